The molecule has 0 amide bonds. The highest BCUT2D eigenvalue weighted by Crippen LogP contribution is 2.38. The summed E-state index contributed by atoms with van der Waals surface area (Å²) in [5.41, 5.74) is 0. The van der Waals surface area contributed by atoms with Crippen LogP contribution in [-0.2, 0) is 0 Å². The minimum absolute atomic E-state index is 0.552. The van der Waals surface area contributed by atoms with E-state index in [4.69, 9.17) is 23.2 Å². The van der Waals surface area contributed by atoms with E-state index < -0.39 is 0 Å². The van der Waals surface area contributed by atoms with Crippen molar-refractivity contribution in [1.29, 1.82) is 0 Å². The first-order valence-corrected chi connectivity index (χ1v) is 6.04. The Morgan fingerprint density at radius 3 is 3.00 bits per heavy atom. The van der Waals surface area contributed by atoms with E-state index in [1.165, 1.54) is 19.3 Å². The van der Waals surface area contributed by atoms with Gasteiger partial charge in [0.15, 0.2) is 0 Å². The van der Waals surface area contributed by atoms with Crippen LogP contribution >= 0.6 is 23.2 Å². The van der Waals surface area contributed by atoms with E-state index in [9.17, 15) is 0 Å². The number of pyridine rings is 1. The van der Waals surface area contributed by atoms with Gasteiger partial charge in [0.2, 0.25) is 0 Å². The maximum absolute atomic E-state index is 6.02. The average Bonchev–Trinajstić information content (AvgIpc) is 2.90. The molecule has 1 fully saturated rings. The maximum atomic E-state index is 6.02. The molecular weight excluding hydrogens is 231 g/mol. The molecule has 0 saturated heterocycles. The fraction of sp³-hybridized carbons (Fsp3) is 0.545. The van der Waals surface area contributed by atoms with Crippen molar-refractivity contribution >= 4 is 29.0 Å². The second-order valence-electron chi connectivity index (χ2n) is 4.02. The van der Waals surface area contributed by atoms with Crippen molar-refractivity contribution < 1.29 is 0 Å². The zero-order valence-electron chi connectivity index (χ0n) is 8.63. The Morgan fingerprint density at radius 1 is 1.53 bits per heavy atom. The summed E-state index contributed by atoms with van der Waals surface area (Å²) in [6, 6.07) is 2.27. The number of hydrogen-bond acceptors (Lipinski definition) is 2. The normalized spacial score (nSPS) is 23.9. The molecule has 82 valence electrons. The molecule has 0 radical (unpaired) electrons. The van der Waals surface area contributed by atoms with Gasteiger partial charge in [0.1, 0.15) is 5.82 Å². The predicted molar refractivity (Wildman–Crippen MR) is 64.7 cm³/mol. The van der Waals surface area contributed by atoms with E-state index >= 15 is 0 Å². The lowest BCUT2D eigenvalue weighted by molar-refractivity contribution is 0.692. The van der Waals surface area contributed by atoms with Crippen LogP contribution in [-0.4, -0.2) is 11.0 Å². The fourth-order valence-corrected chi connectivity index (χ4v) is 2.25. The fourth-order valence-electron chi connectivity index (χ4n) is 1.81. The summed E-state index contributed by atoms with van der Waals surface area (Å²) in [7, 11) is 0. The molecule has 15 heavy (non-hydrogen) atoms. The lowest BCUT2D eigenvalue weighted by atomic mass is 10.2. The van der Waals surface area contributed by atoms with Crippen LogP contribution in [0.1, 0.15) is 26.2 Å². The van der Waals surface area contributed by atoms with Crippen molar-refractivity contribution in [3.8, 4) is 0 Å². The topological polar surface area (TPSA) is 24.9 Å². The lowest BCUT2D eigenvalue weighted by Gasteiger charge is -2.06. The van der Waals surface area contributed by atoms with Gasteiger partial charge < -0.3 is 5.32 Å². The molecular formula is C11H14Cl2N2. The molecule has 0 aliphatic heterocycles. The molecule has 0 bridgehead atoms. The molecule has 1 aliphatic rings. The largest absolute Gasteiger partial charge is 0.366 e. The number of aromatic nitrogens is 1. The standard InChI is InChI=1S/C11H14Cl2N2/c1-2-3-7-4-10(7)15-11-9(13)5-8(12)6-14-11/h5-7,10H,2-4H2,1H3,(H,14,15). The average molecular weight is 245 g/mol. The highest BCUT2D eigenvalue weighted by atomic mass is 35.5. The van der Waals surface area contributed by atoms with Gasteiger partial charge in [-0.05, 0) is 24.8 Å². The van der Waals surface area contributed by atoms with Gasteiger partial charge in [0.25, 0.3) is 0 Å². The summed E-state index contributed by atoms with van der Waals surface area (Å²) >= 11 is 11.8. The number of rotatable bonds is 4. The van der Waals surface area contributed by atoms with Crippen LogP contribution in [0.2, 0.25) is 10.0 Å². The predicted octanol–water partition coefficient (Wildman–Crippen LogP) is 3.99. The molecule has 2 rings (SSSR count). The van der Waals surface area contributed by atoms with E-state index in [2.05, 4.69) is 17.2 Å². The van der Waals surface area contributed by atoms with Crippen molar-refractivity contribution in [3.63, 3.8) is 0 Å². The molecule has 1 heterocycles. The van der Waals surface area contributed by atoms with Gasteiger partial charge in [-0.1, -0.05) is 36.5 Å². The minimum Gasteiger partial charge on any atom is -0.366 e. The number of nitrogens with one attached hydrogen (secondary N) is 1. The molecule has 1 N–H and O–H groups in total. The summed E-state index contributed by atoms with van der Waals surface area (Å²) in [6.45, 7) is 2.21. The molecule has 1 aliphatic carbocycles. The van der Waals surface area contributed by atoms with Crippen molar-refractivity contribution in [3.05, 3.63) is 22.3 Å². The lowest BCUT2D eigenvalue weighted by Crippen LogP contribution is -2.06. The number of nitrogens with zero attached hydrogens (tertiary/aromatic N) is 1. The Morgan fingerprint density at radius 2 is 2.33 bits per heavy atom. The summed E-state index contributed by atoms with van der Waals surface area (Å²) < 4.78 is 0. The van der Waals surface area contributed by atoms with Crippen LogP contribution in [0.15, 0.2) is 12.3 Å². The van der Waals surface area contributed by atoms with Crippen molar-refractivity contribution in [2.24, 2.45) is 5.92 Å². The third-order valence-corrected chi connectivity index (χ3v) is 3.21. The molecule has 1 aromatic rings. The highest BCUT2D eigenvalue weighted by molar-refractivity contribution is 6.35. The summed E-state index contributed by atoms with van der Waals surface area (Å²) in [6.07, 6.45) is 5.37. The van der Waals surface area contributed by atoms with Gasteiger partial charge in [0.05, 0.1) is 10.0 Å². The van der Waals surface area contributed by atoms with Crippen LogP contribution < -0.4 is 5.32 Å². The van der Waals surface area contributed by atoms with Gasteiger partial charge in [0, 0.05) is 12.2 Å². The zero-order valence-corrected chi connectivity index (χ0v) is 10.1. The quantitative estimate of drug-likeness (QED) is 0.867. The first-order chi connectivity index (χ1) is 7.20. The SMILES string of the molecule is CCCC1CC1Nc1ncc(Cl)cc1Cl. The molecule has 2 unspecified atom stereocenters. The highest BCUT2D eigenvalue weighted by Gasteiger charge is 2.36. The summed E-state index contributed by atoms with van der Waals surface area (Å²) in [5, 5.41) is 4.52. The number of hydrogen-bond donors (Lipinski definition) is 1. The Kier molecular flexibility index (Phi) is 3.37. The van der Waals surface area contributed by atoms with E-state index in [0.29, 0.717) is 16.1 Å². The van der Waals surface area contributed by atoms with Crippen molar-refractivity contribution in [2.75, 3.05) is 5.32 Å². The number of halogens is 2. The van der Waals surface area contributed by atoms with Gasteiger partial charge in [-0.3, -0.25) is 0 Å². The van der Waals surface area contributed by atoms with Crippen LogP contribution in [0.25, 0.3) is 0 Å². The second-order valence-corrected chi connectivity index (χ2v) is 4.86. The van der Waals surface area contributed by atoms with Crippen LogP contribution in [0.5, 0.6) is 0 Å². The molecule has 2 atom stereocenters. The summed E-state index contributed by atoms with van der Waals surface area (Å²) in [5.74, 6) is 1.55. The van der Waals surface area contributed by atoms with Gasteiger partial charge in [-0.25, -0.2) is 4.98 Å². The maximum Gasteiger partial charge on any atom is 0.145 e. The summed E-state index contributed by atoms with van der Waals surface area (Å²) in [4.78, 5) is 4.18. The van der Waals surface area contributed by atoms with Gasteiger partial charge in [-0.15, -0.1) is 0 Å². The molecule has 2 nitrogen and oxygen atoms in total. The molecule has 1 saturated carbocycles. The Balaban J connectivity index is 1.95. The van der Waals surface area contributed by atoms with E-state index in [1.54, 1.807) is 12.3 Å². The van der Waals surface area contributed by atoms with Crippen molar-refractivity contribution in [1.82, 2.24) is 4.98 Å². The van der Waals surface area contributed by atoms with E-state index in [1.807, 2.05) is 0 Å². The van der Waals surface area contributed by atoms with E-state index in [-0.39, 0.29) is 0 Å². The van der Waals surface area contributed by atoms with Gasteiger partial charge in [-0.2, -0.15) is 0 Å². The molecule has 1 aromatic heterocycles. The molecule has 4 heteroatoms. The first-order valence-electron chi connectivity index (χ1n) is 5.28. The monoisotopic (exact) mass is 244 g/mol. The number of anilines is 1. The van der Waals surface area contributed by atoms with Crippen molar-refractivity contribution in [2.45, 2.75) is 32.2 Å². The Labute approximate surface area is 100.0 Å². The smallest absolute Gasteiger partial charge is 0.145 e. The zero-order chi connectivity index (χ0) is 10.8. The van der Waals surface area contributed by atoms with Crippen LogP contribution in [0, 0.1) is 5.92 Å². The van der Waals surface area contributed by atoms with E-state index in [0.717, 1.165) is 11.7 Å². The molecule has 0 spiro atoms. The van der Waals surface area contributed by atoms with Crippen LogP contribution in [0.3, 0.4) is 0 Å². The van der Waals surface area contributed by atoms with Crippen LogP contribution in [0.4, 0.5) is 5.82 Å². The third-order valence-electron chi connectivity index (χ3n) is 2.71. The third kappa shape index (κ3) is 2.76. The second kappa shape index (κ2) is 4.58. The first kappa shape index (κ1) is 11.0. The Hall–Kier alpha value is -0.470. The molecule has 0 aromatic carbocycles. The Bertz CT molecular complexity index is 354. The minimum atomic E-state index is 0.552. The van der Waals surface area contributed by atoms with Gasteiger partial charge >= 0.3 is 0 Å².